The molecule has 22 heavy (non-hydrogen) atoms. The highest BCUT2D eigenvalue weighted by Crippen LogP contribution is 2.17. The average Bonchev–Trinajstić information content (AvgIpc) is 2.48. The largest absolute Gasteiger partial charge is 0.336 e. The van der Waals surface area contributed by atoms with Gasteiger partial charge in [0.05, 0.1) is 11.4 Å². The number of hydrogen-bond acceptors (Lipinski definition) is 4. The van der Waals surface area contributed by atoms with Crippen molar-refractivity contribution in [3.05, 3.63) is 29.3 Å². The third-order valence-corrected chi connectivity index (χ3v) is 5.77. The van der Waals surface area contributed by atoms with Crippen LogP contribution < -0.4 is 5.32 Å². The predicted molar refractivity (Wildman–Crippen MR) is 85.3 cm³/mol. The Hall–Kier alpha value is -1.15. The number of rotatable bonds is 4. The Bertz CT molecular complexity index is 633. The Morgan fingerprint density at radius 3 is 2.64 bits per heavy atom. The van der Waals surface area contributed by atoms with Crippen LogP contribution in [0.2, 0.25) is 5.02 Å². The number of benzene rings is 1. The lowest BCUT2D eigenvalue weighted by molar-refractivity contribution is -0.133. The third kappa shape index (κ3) is 3.78. The summed E-state index contributed by atoms with van der Waals surface area (Å²) in [5, 5.41) is 3.66. The zero-order valence-corrected chi connectivity index (χ0v) is 14.2. The van der Waals surface area contributed by atoms with Crippen LogP contribution in [0, 0.1) is 0 Å². The summed E-state index contributed by atoms with van der Waals surface area (Å²) in [5.74, 6) is -0.186. The van der Waals surface area contributed by atoms with E-state index in [1.165, 1.54) is 31.3 Å². The molecule has 0 bridgehead atoms. The first-order valence-electron chi connectivity index (χ1n) is 7.04. The van der Waals surface area contributed by atoms with Gasteiger partial charge in [0.1, 0.15) is 0 Å². The molecule has 0 radical (unpaired) electrons. The second-order valence-corrected chi connectivity index (χ2v) is 7.84. The van der Waals surface area contributed by atoms with Crippen LogP contribution in [0.3, 0.4) is 0 Å². The lowest BCUT2D eigenvalue weighted by Gasteiger charge is -2.34. The van der Waals surface area contributed by atoms with Gasteiger partial charge in [-0.25, -0.2) is 8.42 Å². The lowest BCUT2D eigenvalue weighted by atomic mass is 10.2. The van der Waals surface area contributed by atoms with Gasteiger partial charge in [-0.3, -0.25) is 4.79 Å². The maximum absolute atomic E-state index is 12.4. The summed E-state index contributed by atoms with van der Waals surface area (Å²) in [6, 6.07) is 5.97. The highest BCUT2D eigenvalue weighted by molar-refractivity contribution is 7.89. The number of sulfonamides is 1. The normalized spacial score (nSPS) is 19.5. The summed E-state index contributed by atoms with van der Waals surface area (Å²) >= 11 is 5.77. The molecule has 8 heteroatoms. The topological polar surface area (TPSA) is 69.7 Å². The van der Waals surface area contributed by atoms with Crippen molar-refractivity contribution >= 4 is 27.5 Å². The Morgan fingerprint density at radius 2 is 2.05 bits per heavy atom. The minimum atomic E-state index is -3.70. The van der Waals surface area contributed by atoms with Crippen LogP contribution in [-0.2, 0) is 14.8 Å². The smallest absolute Gasteiger partial charge is 0.243 e. The maximum atomic E-state index is 12.4. The second-order valence-electron chi connectivity index (χ2n) is 5.36. The van der Waals surface area contributed by atoms with Crippen molar-refractivity contribution in [2.24, 2.45) is 0 Å². The zero-order chi connectivity index (χ0) is 16.3. The van der Waals surface area contributed by atoms with Crippen LogP contribution in [-0.4, -0.2) is 62.8 Å². The van der Waals surface area contributed by atoms with Gasteiger partial charge in [-0.15, -0.1) is 0 Å². The van der Waals surface area contributed by atoms with Crippen molar-refractivity contribution < 1.29 is 13.2 Å². The molecule has 1 atom stereocenters. The molecule has 1 N–H and O–H groups in total. The van der Waals surface area contributed by atoms with Crippen LogP contribution in [0.25, 0.3) is 0 Å². The van der Waals surface area contributed by atoms with Gasteiger partial charge in [0.2, 0.25) is 15.9 Å². The first-order chi connectivity index (χ1) is 10.3. The van der Waals surface area contributed by atoms with Gasteiger partial charge in [-0.05, 0) is 31.2 Å². The first kappa shape index (κ1) is 17.2. The number of nitrogens with one attached hydrogen (secondary N) is 1. The number of nitrogens with zero attached hydrogens (tertiary/aromatic N) is 2. The van der Waals surface area contributed by atoms with Gasteiger partial charge in [-0.1, -0.05) is 11.6 Å². The van der Waals surface area contributed by atoms with E-state index in [0.717, 1.165) is 17.4 Å². The fourth-order valence-electron chi connectivity index (χ4n) is 2.36. The van der Waals surface area contributed by atoms with Crippen molar-refractivity contribution in [2.75, 3.05) is 33.2 Å². The Kier molecular flexibility index (Phi) is 5.44. The Morgan fingerprint density at radius 1 is 1.41 bits per heavy atom. The quantitative estimate of drug-likeness (QED) is 0.875. The van der Waals surface area contributed by atoms with E-state index in [0.29, 0.717) is 11.6 Å². The van der Waals surface area contributed by atoms with E-state index in [1.807, 2.05) is 6.92 Å². The Balaban J connectivity index is 2.08. The molecule has 1 heterocycles. The molecule has 0 aromatic heterocycles. The van der Waals surface area contributed by atoms with Crippen molar-refractivity contribution in [3.8, 4) is 0 Å². The minimum absolute atomic E-state index is 0.0629. The molecule has 0 unspecified atom stereocenters. The summed E-state index contributed by atoms with van der Waals surface area (Å²) in [7, 11) is -2.28. The van der Waals surface area contributed by atoms with E-state index in [9.17, 15) is 13.2 Å². The van der Waals surface area contributed by atoms with Crippen molar-refractivity contribution in [2.45, 2.75) is 17.9 Å². The number of halogens is 1. The third-order valence-electron chi connectivity index (χ3n) is 3.70. The highest BCUT2D eigenvalue weighted by atomic mass is 35.5. The van der Waals surface area contributed by atoms with Crippen LogP contribution in [0.5, 0.6) is 0 Å². The SMILES string of the molecule is C[C@@H]1CNCCN1C(=O)CN(C)S(=O)(=O)c1ccc(Cl)cc1. The van der Waals surface area contributed by atoms with Gasteiger partial charge in [0.15, 0.2) is 0 Å². The number of likely N-dealkylation sites (N-methyl/N-ethyl adjacent to an activating group) is 1. The van der Waals surface area contributed by atoms with Crippen LogP contribution in [0.1, 0.15) is 6.92 Å². The lowest BCUT2D eigenvalue weighted by Crippen LogP contribution is -2.54. The molecule has 1 aromatic carbocycles. The fourth-order valence-corrected chi connectivity index (χ4v) is 3.61. The number of carbonyl (C=O) groups excluding carboxylic acids is 1. The summed E-state index contributed by atoms with van der Waals surface area (Å²) in [6.07, 6.45) is 0. The van der Waals surface area contributed by atoms with E-state index in [1.54, 1.807) is 4.90 Å². The van der Waals surface area contributed by atoms with Crippen LogP contribution in [0.4, 0.5) is 0 Å². The summed E-state index contributed by atoms with van der Waals surface area (Å²) in [5.41, 5.74) is 0. The highest BCUT2D eigenvalue weighted by Gasteiger charge is 2.28. The summed E-state index contributed by atoms with van der Waals surface area (Å²) in [6.45, 7) is 3.81. The Labute approximate surface area is 136 Å². The van der Waals surface area contributed by atoms with Gasteiger partial charge in [0, 0.05) is 37.7 Å². The monoisotopic (exact) mass is 345 g/mol. The average molecular weight is 346 g/mol. The van der Waals surface area contributed by atoms with E-state index in [4.69, 9.17) is 11.6 Å². The molecule has 0 saturated carbocycles. The van der Waals surface area contributed by atoms with E-state index < -0.39 is 10.0 Å². The molecule has 1 saturated heterocycles. The van der Waals surface area contributed by atoms with Crippen molar-refractivity contribution in [3.63, 3.8) is 0 Å². The number of piperazine rings is 1. The van der Waals surface area contributed by atoms with Crippen molar-refractivity contribution in [1.29, 1.82) is 0 Å². The molecule has 1 amide bonds. The summed E-state index contributed by atoms with van der Waals surface area (Å²) < 4.78 is 26.0. The first-order valence-corrected chi connectivity index (χ1v) is 8.86. The van der Waals surface area contributed by atoms with Crippen LogP contribution >= 0.6 is 11.6 Å². The zero-order valence-electron chi connectivity index (χ0n) is 12.6. The van der Waals surface area contributed by atoms with Gasteiger partial charge < -0.3 is 10.2 Å². The standard InChI is InChI=1S/C14H20ClN3O3S/c1-11-9-16-7-8-18(11)14(19)10-17(2)22(20,21)13-5-3-12(15)4-6-13/h3-6,11,16H,7-10H2,1-2H3/t11-/m1/s1. The predicted octanol–water partition coefficient (Wildman–Crippen LogP) is 0.781. The fraction of sp³-hybridized carbons (Fsp3) is 0.500. The van der Waals surface area contributed by atoms with Gasteiger partial charge in [0.25, 0.3) is 0 Å². The number of carbonyl (C=O) groups is 1. The maximum Gasteiger partial charge on any atom is 0.243 e. The molecule has 0 aliphatic carbocycles. The molecule has 6 nitrogen and oxygen atoms in total. The molecule has 1 fully saturated rings. The minimum Gasteiger partial charge on any atom is -0.336 e. The van der Waals surface area contributed by atoms with E-state index in [-0.39, 0.29) is 23.4 Å². The van der Waals surface area contributed by atoms with Crippen molar-refractivity contribution in [1.82, 2.24) is 14.5 Å². The molecular formula is C14H20ClN3O3S. The number of hydrogen-bond donors (Lipinski definition) is 1. The number of amides is 1. The van der Waals surface area contributed by atoms with Crippen LogP contribution in [0.15, 0.2) is 29.2 Å². The molecule has 1 aromatic rings. The molecule has 1 aliphatic rings. The molecule has 0 spiro atoms. The molecule has 2 rings (SSSR count). The van der Waals surface area contributed by atoms with E-state index >= 15 is 0 Å². The van der Waals surface area contributed by atoms with Gasteiger partial charge in [-0.2, -0.15) is 4.31 Å². The van der Waals surface area contributed by atoms with Gasteiger partial charge >= 0.3 is 0 Å². The van der Waals surface area contributed by atoms with E-state index in [2.05, 4.69) is 5.32 Å². The second kappa shape index (κ2) is 6.95. The molecule has 1 aliphatic heterocycles. The summed E-state index contributed by atoms with van der Waals surface area (Å²) in [4.78, 5) is 14.2. The molecular weight excluding hydrogens is 326 g/mol. The molecule has 122 valence electrons.